The van der Waals surface area contributed by atoms with Gasteiger partial charge in [0.15, 0.2) is 17.3 Å². The van der Waals surface area contributed by atoms with E-state index in [0.29, 0.717) is 22.9 Å². The number of benzene rings is 1. The summed E-state index contributed by atoms with van der Waals surface area (Å²) in [7, 11) is 1.47. The van der Waals surface area contributed by atoms with E-state index in [1.807, 2.05) is 5.32 Å². The Balaban J connectivity index is 1.72. The Hall–Kier alpha value is -4.02. The lowest BCUT2D eigenvalue weighted by Crippen LogP contribution is -2.22. The highest BCUT2D eigenvalue weighted by Gasteiger charge is 2.30. The maximum Gasteiger partial charge on any atom is 0.273 e. The van der Waals surface area contributed by atoms with Crippen molar-refractivity contribution in [3.63, 3.8) is 0 Å². The summed E-state index contributed by atoms with van der Waals surface area (Å²) in [6.07, 6.45) is 3.13. The van der Waals surface area contributed by atoms with Crippen LogP contribution < -0.4 is 20.7 Å². The summed E-state index contributed by atoms with van der Waals surface area (Å²) < 4.78 is 29.1. The summed E-state index contributed by atoms with van der Waals surface area (Å²) in [4.78, 5) is 28.9. The Labute approximate surface area is 182 Å². The molecule has 0 spiro atoms. The highest BCUT2D eigenvalue weighted by atomic mass is 16.5. The zero-order valence-electron chi connectivity index (χ0n) is 19.8. The van der Waals surface area contributed by atoms with Gasteiger partial charge in [-0.05, 0) is 31.9 Å². The average molecular weight is 425 g/mol. The van der Waals surface area contributed by atoms with Crippen molar-refractivity contribution in [3.8, 4) is 11.4 Å². The molecule has 1 aliphatic rings. The van der Waals surface area contributed by atoms with Crippen molar-refractivity contribution in [2.45, 2.75) is 19.8 Å². The molecule has 11 heteroatoms. The topological polar surface area (TPSA) is 136 Å². The molecule has 1 aliphatic carbocycles. The first-order chi connectivity index (χ1) is 16.1. The van der Waals surface area contributed by atoms with Crippen molar-refractivity contribution in [1.82, 2.24) is 30.3 Å². The van der Waals surface area contributed by atoms with Gasteiger partial charge in [-0.25, -0.2) is 9.67 Å². The fourth-order valence-corrected chi connectivity index (χ4v) is 2.97. The fourth-order valence-electron chi connectivity index (χ4n) is 2.97. The molecule has 0 aliphatic heterocycles. The van der Waals surface area contributed by atoms with Crippen LogP contribution in [0.5, 0.6) is 5.75 Å². The molecule has 0 unspecified atom stereocenters. The van der Waals surface area contributed by atoms with Crippen LogP contribution in [0.1, 0.15) is 33.3 Å². The van der Waals surface area contributed by atoms with Crippen molar-refractivity contribution in [3.05, 3.63) is 42.1 Å². The van der Waals surface area contributed by atoms with E-state index in [9.17, 15) is 9.59 Å². The Morgan fingerprint density at radius 2 is 2.10 bits per heavy atom. The van der Waals surface area contributed by atoms with Gasteiger partial charge >= 0.3 is 0 Å². The van der Waals surface area contributed by atoms with Gasteiger partial charge in [0.1, 0.15) is 17.8 Å². The second-order valence-corrected chi connectivity index (χ2v) is 6.93. The Morgan fingerprint density at radius 1 is 1.26 bits per heavy atom. The van der Waals surface area contributed by atoms with Gasteiger partial charge in [0.2, 0.25) is 5.91 Å². The van der Waals surface area contributed by atoms with Crippen LogP contribution in [0.15, 0.2) is 30.6 Å². The van der Waals surface area contributed by atoms with Crippen molar-refractivity contribution in [1.29, 1.82) is 0 Å². The predicted octanol–water partition coefficient (Wildman–Crippen LogP) is 1.83. The van der Waals surface area contributed by atoms with Gasteiger partial charge in [0, 0.05) is 23.1 Å². The number of aryl methyl sites for hydroxylation is 1. The third-order valence-corrected chi connectivity index (χ3v) is 4.64. The maximum atomic E-state index is 12.6. The number of carbonyl (C=O) groups excluding carboxylic acids is 2. The normalized spacial score (nSPS) is 14.7. The molecule has 1 aromatic carbocycles. The summed E-state index contributed by atoms with van der Waals surface area (Å²) in [5.41, 5.74) is 0.854. The van der Waals surface area contributed by atoms with Crippen LogP contribution in [-0.2, 0) is 4.79 Å². The lowest BCUT2D eigenvalue weighted by atomic mass is 10.2. The third kappa shape index (κ3) is 4.29. The van der Waals surface area contributed by atoms with Crippen molar-refractivity contribution in [2.75, 3.05) is 24.7 Å². The molecule has 2 amide bonds. The number of nitrogens with one attached hydrogen (secondary N) is 3. The lowest BCUT2D eigenvalue weighted by molar-refractivity contribution is -0.117. The molecule has 1 fully saturated rings. The molecule has 3 N–H and O–H groups in total. The third-order valence-electron chi connectivity index (χ3n) is 4.64. The van der Waals surface area contributed by atoms with Gasteiger partial charge in [0.05, 0.1) is 18.5 Å². The van der Waals surface area contributed by atoms with Gasteiger partial charge in [-0.3, -0.25) is 9.59 Å². The van der Waals surface area contributed by atoms with E-state index in [-0.39, 0.29) is 29.0 Å². The van der Waals surface area contributed by atoms with Crippen LogP contribution in [0, 0.1) is 12.8 Å². The molecular formula is C20H22N8O3. The Kier molecular flexibility index (Phi) is 4.53. The number of aromatic nitrogens is 5. The Bertz CT molecular complexity index is 1240. The van der Waals surface area contributed by atoms with Gasteiger partial charge in [0.25, 0.3) is 5.91 Å². The van der Waals surface area contributed by atoms with Crippen LogP contribution in [0.3, 0.4) is 0 Å². The summed E-state index contributed by atoms with van der Waals surface area (Å²) in [6.45, 7) is -0.974. The maximum absolute atomic E-state index is 12.6. The summed E-state index contributed by atoms with van der Waals surface area (Å²) in [5, 5.41) is 19.7. The van der Waals surface area contributed by atoms with Crippen LogP contribution in [0.4, 0.5) is 17.2 Å². The number of ether oxygens (including phenoxy) is 1. The molecule has 31 heavy (non-hydrogen) atoms. The molecule has 0 bridgehead atoms. The average Bonchev–Trinajstić information content (AvgIpc) is 3.53. The van der Waals surface area contributed by atoms with Crippen LogP contribution in [0.2, 0.25) is 0 Å². The van der Waals surface area contributed by atoms with E-state index < -0.39 is 12.9 Å². The fraction of sp³-hybridized carbons (Fsp3) is 0.300. The molecule has 160 valence electrons. The number of amides is 2. The lowest BCUT2D eigenvalue weighted by Gasteiger charge is -2.16. The Morgan fingerprint density at radius 3 is 2.77 bits per heavy atom. The number of rotatable bonds is 7. The molecule has 1 saturated carbocycles. The molecule has 3 aromatic rings. The molecule has 11 nitrogen and oxygen atoms in total. The smallest absolute Gasteiger partial charge is 0.273 e. The van der Waals surface area contributed by atoms with Crippen LogP contribution in [-0.4, -0.2) is 50.9 Å². The minimum Gasteiger partial charge on any atom is -0.492 e. The monoisotopic (exact) mass is 425 g/mol. The van der Waals surface area contributed by atoms with Gasteiger partial charge in [-0.2, -0.15) is 5.10 Å². The zero-order valence-corrected chi connectivity index (χ0v) is 16.8. The number of para-hydroxylation sites is 1. The predicted molar refractivity (Wildman–Crippen MR) is 113 cm³/mol. The molecule has 2 heterocycles. The van der Waals surface area contributed by atoms with E-state index in [4.69, 9.17) is 8.85 Å². The molecule has 0 radical (unpaired) electrons. The molecule has 0 atom stereocenters. The second-order valence-electron chi connectivity index (χ2n) is 6.93. The molecule has 0 saturated heterocycles. The number of hydrogen-bond acceptors (Lipinski definition) is 8. The van der Waals surface area contributed by atoms with E-state index >= 15 is 0 Å². The first kappa shape index (κ1) is 16.7. The van der Waals surface area contributed by atoms with E-state index in [0.717, 1.165) is 12.8 Å². The first-order valence-electron chi connectivity index (χ1n) is 11.0. The largest absolute Gasteiger partial charge is 0.492 e. The van der Waals surface area contributed by atoms with Gasteiger partial charge < -0.3 is 20.7 Å². The van der Waals surface area contributed by atoms with Crippen molar-refractivity contribution >= 4 is 29.0 Å². The number of methoxy groups -OCH3 is 1. The molecule has 2 aromatic heterocycles. The summed E-state index contributed by atoms with van der Waals surface area (Å²) in [6, 6.07) is 6.62. The number of carbonyl (C=O) groups is 2. The minimum atomic E-state index is -2.72. The first-order valence-corrected chi connectivity index (χ1v) is 9.48. The van der Waals surface area contributed by atoms with Gasteiger partial charge in [-0.1, -0.05) is 6.07 Å². The summed E-state index contributed by atoms with van der Waals surface area (Å²) in [5.74, 6) is -0.155. The van der Waals surface area contributed by atoms with E-state index in [2.05, 4.69) is 30.9 Å². The van der Waals surface area contributed by atoms with E-state index in [1.165, 1.54) is 24.2 Å². The number of anilines is 3. The van der Waals surface area contributed by atoms with E-state index in [1.54, 1.807) is 25.1 Å². The number of hydrogen-bond donors (Lipinski definition) is 3. The minimum absolute atomic E-state index is 0.0698. The van der Waals surface area contributed by atoms with Crippen LogP contribution >= 0.6 is 0 Å². The van der Waals surface area contributed by atoms with Gasteiger partial charge in [-0.15, -0.1) is 10.2 Å². The standard InChI is InChI=1S/C20H22N8O3/c1-11-22-10-28(27-11)15-6-4-5-13(18(15)31-3)23-14-9-16(24-19(29)12-7-8-12)25-26-17(14)20(30)21-2/h4-6,9-10,12H,7-8H2,1-3H3,(H,21,30)(H2,23,24,25,29)/i2D3. The number of nitrogens with zero attached hydrogens (tertiary/aromatic N) is 5. The quantitative estimate of drug-likeness (QED) is 0.522. The zero-order chi connectivity index (χ0) is 24.5. The van der Waals surface area contributed by atoms with Crippen molar-refractivity contribution < 1.29 is 18.4 Å². The highest BCUT2D eigenvalue weighted by molar-refractivity contribution is 5.99. The second kappa shape index (κ2) is 8.38. The molecule has 4 rings (SSSR count). The highest BCUT2D eigenvalue weighted by Crippen LogP contribution is 2.35. The summed E-state index contributed by atoms with van der Waals surface area (Å²) >= 11 is 0. The van der Waals surface area contributed by atoms with Crippen molar-refractivity contribution in [2.24, 2.45) is 5.92 Å². The molecular weight excluding hydrogens is 400 g/mol. The SMILES string of the molecule is [2H]C([2H])([2H])NC(=O)c1nnc(NC(=O)C2CC2)cc1Nc1cccc(-n2cnc(C)n2)c1OC. The van der Waals surface area contributed by atoms with Crippen LogP contribution in [0.25, 0.3) is 5.69 Å².